The maximum atomic E-state index is 12.6. The molecule has 134 valence electrons. The number of piperidine rings is 1. The van der Waals surface area contributed by atoms with Crippen LogP contribution >= 0.6 is 0 Å². The number of carbonyl (C=O) groups excluding carboxylic acids is 1. The molecule has 2 N–H and O–H groups in total. The topological polar surface area (TPSA) is 61.0 Å². The van der Waals surface area contributed by atoms with Crippen molar-refractivity contribution in [1.82, 2.24) is 15.3 Å². The van der Waals surface area contributed by atoms with Crippen LogP contribution in [0, 0.1) is 12.8 Å². The highest BCUT2D eigenvalue weighted by Crippen LogP contribution is 2.23. The van der Waals surface area contributed by atoms with Gasteiger partial charge in [0.25, 0.3) is 0 Å². The van der Waals surface area contributed by atoms with Crippen LogP contribution in [0.25, 0.3) is 11.0 Å². The third kappa shape index (κ3) is 3.57. The molecule has 5 nitrogen and oxygen atoms in total. The number of aromatic amines is 1. The van der Waals surface area contributed by atoms with Gasteiger partial charge >= 0.3 is 0 Å². The van der Waals surface area contributed by atoms with Crippen molar-refractivity contribution in [2.45, 2.75) is 26.3 Å². The van der Waals surface area contributed by atoms with Gasteiger partial charge in [0.2, 0.25) is 11.9 Å². The zero-order valence-corrected chi connectivity index (χ0v) is 15.0. The minimum Gasteiger partial charge on any atom is -0.352 e. The quantitative estimate of drug-likeness (QED) is 0.760. The molecule has 1 aliphatic heterocycles. The normalized spacial score (nSPS) is 17.4. The molecular weight excluding hydrogens is 324 g/mol. The van der Waals surface area contributed by atoms with Gasteiger partial charge in [-0.2, -0.15) is 0 Å². The summed E-state index contributed by atoms with van der Waals surface area (Å²) in [7, 11) is 0. The third-order valence-electron chi connectivity index (χ3n) is 5.06. The van der Waals surface area contributed by atoms with Crippen LogP contribution in [-0.4, -0.2) is 29.0 Å². The molecule has 1 saturated heterocycles. The lowest BCUT2D eigenvalue weighted by molar-refractivity contribution is -0.125. The molecule has 1 aliphatic rings. The van der Waals surface area contributed by atoms with E-state index in [0.717, 1.165) is 41.9 Å². The van der Waals surface area contributed by atoms with Crippen molar-refractivity contribution in [1.29, 1.82) is 0 Å². The molecule has 0 spiro atoms. The van der Waals surface area contributed by atoms with E-state index in [0.29, 0.717) is 13.1 Å². The Morgan fingerprint density at radius 1 is 1.23 bits per heavy atom. The lowest BCUT2D eigenvalue weighted by Crippen LogP contribution is -2.43. The zero-order valence-electron chi connectivity index (χ0n) is 15.0. The summed E-state index contributed by atoms with van der Waals surface area (Å²) in [6.45, 7) is 4.29. The van der Waals surface area contributed by atoms with Crippen molar-refractivity contribution in [3.8, 4) is 0 Å². The van der Waals surface area contributed by atoms with Gasteiger partial charge in [-0.1, -0.05) is 42.0 Å². The largest absolute Gasteiger partial charge is 0.352 e. The molecule has 26 heavy (non-hydrogen) atoms. The van der Waals surface area contributed by atoms with E-state index in [1.54, 1.807) is 0 Å². The van der Waals surface area contributed by atoms with E-state index in [4.69, 9.17) is 0 Å². The average Bonchev–Trinajstić information content (AvgIpc) is 3.12. The van der Waals surface area contributed by atoms with Crippen LogP contribution in [0.15, 0.2) is 48.5 Å². The van der Waals surface area contributed by atoms with Crippen LogP contribution in [0.2, 0.25) is 0 Å². The van der Waals surface area contributed by atoms with E-state index in [-0.39, 0.29) is 11.8 Å². The Morgan fingerprint density at radius 3 is 2.85 bits per heavy atom. The molecule has 0 aliphatic carbocycles. The van der Waals surface area contributed by atoms with Gasteiger partial charge in [0.15, 0.2) is 0 Å². The predicted molar refractivity (Wildman–Crippen MR) is 104 cm³/mol. The molecule has 3 aromatic rings. The molecule has 0 bridgehead atoms. The Labute approximate surface area is 153 Å². The Bertz CT molecular complexity index is 867. The fourth-order valence-corrected chi connectivity index (χ4v) is 3.51. The Morgan fingerprint density at radius 2 is 2.04 bits per heavy atom. The number of carbonyl (C=O) groups is 1. The van der Waals surface area contributed by atoms with E-state index < -0.39 is 0 Å². The first-order chi connectivity index (χ1) is 12.7. The van der Waals surface area contributed by atoms with Crippen LogP contribution < -0.4 is 10.2 Å². The number of nitrogens with one attached hydrogen (secondary N) is 2. The molecule has 5 heteroatoms. The van der Waals surface area contributed by atoms with Gasteiger partial charge in [-0.05, 0) is 37.5 Å². The molecule has 1 fully saturated rings. The zero-order chi connectivity index (χ0) is 17.9. The number of benzene rings is 2. The summed E-state index contributed by atoms with van der Waals surface area (Å²) in [6, 6.07) is 16.3. The second-order valence-corrected chi connectivity index (χ2v) is 7.07. The summed E-state index contributed by atoms with van der Waals surface area (Å²) >= 11 is 0. The van der Waals surface area contributed by atoms with Gasteiger partial charge in [-0.15, -0.1) is 0 Å². The Balaban J connectivity index is 1.39. The fraction of sp³-hybridized carbons (Fsp3) is 0.333. The second kappa shape index (κ2) is 7.20. The number of fused-ring (bicyclic) bond motifs is 1. The first-order valence-electron chi connectivity index (χ1n) is 9.22. The SMILES string of the molecule is Cc1ccc(CNC(=O)C2CCCN(c3nc4ccccc4[nH]3)C2)cc1. The number of rotatable bonds is 4. The van der Waals surface area contributed by atoms with Gasteiger partial charge in [-0.3, -0.25) is 4.79 Å². The highest BCUT2D eigenvalue weighted by molar-refractivity contribution is 5.80. The van der Waals surface area contributed by atoms with Gasteiger partial charge in [0.05, 0.1) is 17.0 Å². The summed E-state index contributed by atoms with van der Waals surface area (Å²) < 4.78 is 0. The molecule has 2 aromatic carbocycles. The minimum absolute atomic E-state index is 0.00223. The number of anilines is 1. The molecule has 1 atom stereocenters. The summed E-state index contributed by atoms with van der Waals surface area (Å²) in [6.07, 6.45) is 1.93. The molecular formula is C21H24N4O. The van der Waals surface area contributed by atoms with Gasteiger partial charge in [0, 0.05) is 19.6 Å². The number of aryl methyl sites for hydroxylation is 1. The molecule has 2 heterocycles. The smallest absolute Gasteiger partial charge is 0.225 e. The number of imidazole rings is 1. The monoisotopic (exact) mass is 348 g/mol. The summed E-state index contributed by atoms with van der Waals surface area (Å²) in [4.78, 5) is 22.9. The molecule has 1 unspecified atom stereocenters. The predicted octanol–water partition coefficient (Wildman–Crippen LogP) is 3.40. The number of para-hydroxylation sites is 2. The highest BCUT2D eigenvalue weighted by atomic mass is 16.1. The number of nitrogens with zero attached hydrogens (tertiary/aromatic N) is 2. The van der Waals surface area contributed by atoms with Crippen molar-refractivity contribution in [3.63, 3.8) is 0 Å². The van der Waals surface area contributed by atoms with Crippen molar-refractivity contribution < 1.29 is 4.79 Å². The molecule has 0 saturated carbocycles. The Hall–Kier alpha value is -2.82. The maximum absolute atomic E-state index is 12.6. The first-order valence-corrected chi connectivity index (χ1v) is 9.22. The van der Waals surface area contributed by atoms with Gasteiger partial charge < -0.3 is 15.2 Å². The fourth-order valence-electron chi connectivity index (χ4n) is 3.51. The minimum atomic E-state index is 0.00223. The standard InChI is InChI=1S/C21H24N4O/c1-15-8-10-16(11-9-15)13-22-20(26)17-5-4-12-25(14-17)21-23-18-6-2-3-7-19(18)24-21/h2-3,6-11,17H,4-5,12-14H2,1H3,(H,22,26)(H,23,24). The van der Waals surface area contributed by atoms with E-state index in [1.807, 2.05) is 24.3 Å². The van der Waals surface area contributed by atoms with E-state index in [1.165, 1.54) is 5.56 Å². The van der Waals surface area contributed by atoms with Crippen molar-refractivity contribution >= 4 is 22.9 Å². The molecule has 1 aromatic heterocycles. The second-order valence-electron chi connectivity index (χ2n) is 7.07. The number of aromatic nitrogens is 2. The third-order valence-corrected chi connectivity index (χ3v) is 5.06. The first kappa shape index (κ1) is 16.6. The lowest BCUT2D eigenvalue weighted by Gasteiger charge is -2.31. The van der Waals surface area contributed by atoms with Gasteiger partial charge in [0.1, 0.15) is 0 Å². The summed E-state index contributed by atoms with van der Waals surface area (Å²) in [5.74, 6) is 0.996. The van der Waals surface area contributed by atoms with Gasteiger partial charge in [-0.25, -0.2) is 4.98 Å². The molecule has 4 rings (SSSR count). The molecule has 1 amide bonds. The maximum Gasteiger partial charge on any atom is 0.225 e. The van der Waals surface area contributed by atoms with Crippen molar-refractivity contribution in [2.24, 2.45) is 5.92 Å². The summed E-state index contributed by atoms with van der Waals surface area (Å²) in [5.41, 5.74) is 4.37. The number of hydrogen-bond acceptors (Lipinski definition) is 3. The average molecular weight is 348 g/mol. The van der Waals surface area contributed by atoms with E-state index in [2.05, 4.69) is 51.4 Å². The van der Waals surface area contributed by atoms with E-state index >= 15 is 0 Å². The van der Waals surface area contributed by atoms with Crippen LogP contribution in [0.5, 0.6) is 0 Å². The highest BCUT2D eigenvalue weighted by Gasteiger charge is 2.27. The van der Waals surface area contributed by atoms with Crippen molar-refractivity contribution in [3.05, 3.63) is 59.7 Å². The number of amides is 1. The molecule has 0 radical (unpaired) electrons. The van der Waals surface area contributed by atoms with Crippen LogP contribution in [0.3, 0.4) is 0 Å². The van der Waals surface area contributed by atoms with Crippen LogP contribution in [0.4, 0.5) is 5.95 Å². The van der Waals surface area contributed by atoms with Crippen LogP contribution in [0.1, 0.15) is 24.0 Å². The van der Waals surface area contributed by atoms with Crippen LogP contribution in [-0.2, 0) is 11.3 Å². The summed E-state index contributed by atoms with van der Waals surface area (Å²) in [5, 5.41) is 3.09. The number of hydrogen-bond donors (Lipinski definition) is 2. The number of H-pyrrole nitrogens is 1. The van der Waals surface area contributed by atoms with Crippen molar-refractivity contribution in [2.75, 3.05) is 18.0 Å². The Kier molecular flexibility index (Phi) is 4.61. The lowest BCUT2D eigenvalue weighted by atomic mass is 9.97. The van der Waals surface area contributed by atoms with E-state index in [9.17, 15) is 4.79 Å².